The van der Waals surface area contributed by atoms with Gasteiger partial charge in [-0.1, -0.05) is 12.1 Å². The number of amides is 2. The third-order valence-electron chi connectivity index (χ3n) is 3.82. The third kappa shape index (κ3) is 4.49. The highest BCUT2D eigenvalue weighted by Crippen LogP contribution is 2.29. The summed E-state index contributed by atoms with van der Waals surface area (Å²) in [4.78, 5) is 26.8. The molecule has 23 heavy (non-hydrogen) atoms. The maximum Gasteiger partial charge on any atom is 0.229 e. The Bertz CT molecular complexity index is 627. The lowest BCUT2D eigenvalue weighted by molar-refractivity contribution is -0.128. The fraction of sp³-hybridized carbons (Fsp3) is 0.471. The molecule has 2 unspecified atom stereocenters. The molecule has 2 rings (SSSR count). The van der Waals surface area contributed by atoms with Gasteiger partial charge in [0.15, 0.2) is 0 Å². The zero-order valence-corrected chi connectivity index (χ0v) is 14.2. The van der Waals surface area contributed by atoms with Gasteiger partial charge in [0.2, 0.25) is 11.8 Å². The van der Waals surface area contributed by atoms with Crippen molar-refractivity contribution in [2.45, 2.75) is 25.2 Å². The largest absolute Gasteiger partial charge is 0.342 e. The molecule has 0 radical (unpaired) electrons. The lowest BCUT2D eigenvalue weighted by atomic mass is 10.1. The van der Waals surface area contributed by atoms with E-state index in [0.29, 0.717) is 18.8 Å². The van der Waals surface area contributed by atoms with E-state index in [4.69, 9.17) is 5.26 Å². The molecule has 1 aliphatic heterocycles. The minimum atomic E-state index is -0.293. The first-order valence-electron chi connectivity index (χ1n) is 7.75. The molecule has 1 N–H and O–H groups in total. The topological polar surface area (TPSA) is 73.2 Å². The summed E-state index contributed by atoms with van der Waals surface area (Å²) in [5.74, 6) is 0.260. The van der Waals surface area contributed by atoms with E-state index >= 15 is 0 Å². The van der Waals surface area contributed by atoms with Crippen LogP contribution in [0, 0.1) is 23.2 Å². The Kier molecular flexibility index (Phi) is 6.05. The number of carbonyl (C=O) groups excluding carboxylic acids is 2. The van der Waals surface area contributed by atoms with Crippen LogP contribution in [0.1, 0.15) is 20.3 Å². The zero-order valence-electron chi connectivity index (χ0n) is 13.4. The van der Waals surface area contributed by atoms with E-state index in [2.05, 4.69) is 11.4 Å². The molecule has 1 aromatic carbocycles. The molecule has 2 amide bonds. The smallest absolute Gasteiger partial charge is 0.229 e. The van der Waals surface area contributed by atoms with E-state index in [9.17, 15) is 9.59 Å². The van der Waals surface area contributed by atoms with Gasteiger partial charge in [-0.3, -0.25) is 9.59 Å². The average Bonchev–Trinajstić information content (AvgIpc) is 2.94. The maximum atomic E-state index is 12.4. The van der Waals surface area contributed by atoms with E-state index in [0.717, 1.165) is 10.6 Å². The third-order valence-corrected chi connectivity index (χ3v) is 5.15. The highest BCUT2D eigenvalue weighted by Gasteiger charge is 2.33. The molecule has 0 saturated carbocycles. The van der Waals surface area contributed by atoms with Crippen LogP contribution < -0.4 is 5.32 Å². The number of likely N-dealkylation sites (tertiary alicyclic amines) is 1. The molecular formula is C17H21N3O2S. The number of carbonyl (C=O) groups is 2. The van der Waals surface area contributed by atoms with Crippen molar-refractivity contribution < 1.29 is 9.59 Å². The van der Waals surface area contributed by atoms with E-state index in [-0.39, 0.29) is 30.1 Å². The predicted octanol–water partition coefficient (Wildman–Crippen LogP) is 2.75. The van der Waals surface area contributed by atoms with Gasteiger partial charge >= 0.3 is 0 Å². The summed E-state index contributed by atoms with van der Waals surface area (Å²) in [6, 6.07) is 9.77. The van der Waals surface area contributed by atoms with Gasteiger partial charge in [0.25, 0.3) is 0 Å². The summed E-state index contributed by atoms with van der Waals surface area (Å²) in [6.45, 7) is 4.92. The van der Waals surface area contributed by atoms with Crippen LogP contribution in [-0.4, -0.2) is 35.6 Å². The van der Waals surface area contributed by atoms with E-state index in [1.807, 2.05) is 38.1 Å². The van der Waals surface area contributed by atoms with Crippen molar-refractivity contribution in [1.29, 1.82) is 5.26 Å². The van der Waals surface area contributed by atoms with Crippen molar-refractivity contribution in [3.8, 4) is 6.07 Å². The van der Waals surface area contributed by atoms with Crippen molar-refractivity contribution in [2.24, 2.45) is 11.8 Å². The van der Waals surface area contributed by atoms with Crippen molar-refractivity contribution in [3.63, 3.8) is 0 Å². The molecule has 1 fully saturated rings. The zero-order chi connectivity index (χ0) is 16.8. The second kappa shape index (κ2) is 8.02. The summed E-state index contributed by atoms with van der Waals surface area (Å²) in [6.07, 6.45) is 0.278. The Morgan fingerprint density at radius 1 is 1.52 bits per heavy atom. The Labute approximate surface area is 141 Å². The lowest BCUT2D eigenvalue weighted by Crippen LogP contribution is -2.28. The standard InChI is InChI=1S/C17H21N3O2S/c1-3-20-10-13(8-16(20)21)17(22)19-14-6-4-5-7-15(14)23-11-12(2)9-18/h4-7,12-13H,3,8,10-11H2,1-2H3,(H,19,22). The number of nitrogens with zero attached hydrogens (tertiary/aromatic N) is 2. The van der Waals surface area contributed by atoms with Crippen LogP contribution >= 0.6 is 11.8 Å². The van der Waals surface area contributed by atoms with Gasteiger partial charge < -0.3 is 10.2 Å². The molecule has 6 heteroatoms. The van der Waals surface area contributed by atoms with Crippen molar-refractivity contribution >= 4 is 29.3 Å². The van der Waals surface area contributed by atoms with Crippen molar-refractivity contribution in [2.75, 3.05) is 24.2 Å². The summed E-state index contributed by atoms with van der Waals surface area (Å²) < 4.78 is 0. The molecule has 0 aromatic heterocycles. The molecule has 5 nitrogen and oxygen atoms in total. The van der Waals surface area contributed by atoms with Crippen LogP contribution in [0.15, 0.2) is 29.2 Å². The summed E-state index contributed by atoms with van der Waals surface area (Å²) in [7, 11) is 0. The SMILES string of the molecule is CCN1CC(C(=O)Nc2ccccc2SCC(C)C#N)CC1=O. The van der Waals surface area contributed by atoms with E-state index < -0.39 is 0 Å². The number of para-hydroxylation sites is 1. The second-order valence-electron chi connectivity index (χ2n) is 5.66. The molecule has 1 aliphatic rings. The van der Waals surface area contributed by atoms with Gasteiger partial charge in [-0.15, -0.1) is 11.8 Å². The summed E-state index contributed by atoms with van der Waals surface area (Å²) >= 11 is 1.56. The van der Waals surface area contributed by atoms with Gasteiger partial charge in [-0.05, 0) is 26.0 Å². The molecule has 0 aliphatic carbocycles. The Hall–Kier alpha value is -2.00. The monoisotopic (exact) mass is 331 g/mol. The normalized spacial score (nSPS) is 18.6. The van der Waals surface area contributed by atoms with Crippen LogP contribution in [0.3, 0.4) is 0 Å². The van der Waals surface area contributed by atoms with E-state index in [1.54, 1.807) is 16.7 Å². The number of thioether (sulfide) groups is 1. The first kappa shape index (κ1) is 17.4. The first-order valence-corrected chi connectivity index (χ1v) is 8.73. The molecule has 1 aromatic rings. The molecular weight excluding hydrogens is 310 g/mol. The number of nitriles is 1. The van der Waals surface area contributed by atoms with Crippen LogP contribution in [-0.2, 0) is 9.59 Å². The Balaban J connectivity index is 2.01. The molecule has 0 bridgehead atoms. The second-order valence-corrected chi connectivity index (χ2v) is 6.72. The molecule has 2 atom stereocenters. The molecule has 0 spiro atoms. The number of hydrogen-bond donors (Lipinski definition) is 1. The maximum absolute atomic E-state index is 12.4. The Morgan fingerprint density at radius 2 is 2.26 bits per heavy atom. The number of anilines is 1. The summed E-state index contributed by atoms with van der Waals surface area (Å²) in [5, 5.41) is 11.8. The Morgan fingerprint density at radius 3 is 2.91 bits per heavy atom. The predicted molar refractivity (Wildman–Crippen MR) is 90.9 cm³/mol. The first-order chi connectivity index (χ1) is 11.0. The number of benzene rings is 1. The average molecular weight is 331 g/mol. The van der Waals surface area contributed by atoms with Crippen molar-refractivity contribution in [3.05, 3.63) is 24.3 Å². The van der Waals surface area contributed by atoms with Gasteiger partial charge in [0.1, 0.15) is 0 Å². The minimum absolute atomic E-state index is 0.0400. The number of nitrogens with one attached hydrogen (secondary N) is 1. The highest BCUT2D eigenvalue weighted by molar-refractivity contribution is 7.99. The van der Waals surface area contributed by atoms with Gasteiger partial charge in [0, 0.05) is 30.2 Å². The molecule has 1 saturated heterocycles. The van der Waals surface area contributed by atoms with E-state index in [1.165, 1.54) is 0 Å². The van der Waals surface area contributed by atoms with Gasteiger partial charge in [-0.25, -0.2) is 0 Å². The number of hydrogen-bond acceptors (Lipinski definition) is 4. The lowest BCUT2D eigenvalue weighted by Gasteiger charge is -2.15. The molecule has 122 valence electrons. The van der Waals surface area contributed by atoms with Gasteiger partial charge in [-0.2, -0.15) is 5.26 Å². The van der Waals surface area contributed by atoms with Crippen LogP contribution in [0.2, 0.25) is 0 Å². The van der Waals surface area contributed by atoms with Crippen LogP contribution in [0.5, 0.6) is 0 Å². The van der Waals surface area contributed by atoms with Crippen LogP contribution in [0.25, 0.3) is 0 Å². The minimum Gasteiger partial charge on any atom is -0.342 e. The number of rotatable bonds is 6. The summed E-state index contributed by atoms with van der Waals surface area (Å²) in [5.41, 5.74) is 0.745. The van der Waals surface area contributed by atoms with Gasteiger partial charge in [0.05, 0.1) is 23.6 Å². The fourth-order valence-electron chi connectivity index (χ4n) is 2.44. The molecule has 1 heterocycles. The highest BCUT2D eigenvalue weighted by atomic mass is 32.2. The van der Waals surface area contributed by atoms with Crippen molar-refractivity contribution in [1.82, 2.24) is 4.90 Å². The fourth-order valence-corrected chi connectivity index (χ4v) is 3.39. The van der Waals surface area contributed by atoms with Crippen LogP contribution in [0.4, 0.5) is 5.69 Å². The quantitative estimate of drug-likeness (QED) is 0.814.